The highest BCUT2D eigenvalue weighted by molar-refractivity contribution is 6.40. The van der Waals surface area contributed by atoms with E-state index in [9.17, 15) is 14.4 Å². The van der Waals surface area contributed by atoms with Gasteiger partial charge in [0, 0.05) is 16.3 Å². The molecule has 0 unspecified atom stereocenters. The van der Waals surface area contributed by atoms with Gasteiger partial charge in [0.1, 0.15) is 5.69 Å². The lowest BCUT2D eigenvalue weighted by Crippen LogP contribution is -2.30. The minimum absolute atomic E-state index is 0.0940. The maximum absolute atomic E-state index is 13.6. The number of carbonyl (C=O) groups is 3. The van der Waals surface area contributed by atoms with Gasteiger partial charge in [-0.1, -0.05) is 72.8 Å². The van der Waals surface area contributed by atoms with Gasteiger partial charge >= 0.3 is 0 Å². The maximum atomic E-state index is 13.6. The average Bonchev–Trinajstić information content (AvgIpc) is 3.32. The number of aromatic nitrogens is 2. The van der Waals surface area contributed by atoms with Crippen molar-refractivity contribution in [3.05, 3.63) is 114 Å². The van der Waals surface area contributed by atoms with E-state index in [4.69, 9.17) is 0 Å². The molecule has 3 heterocycles. The second-order valence-corrected chi connectivity index (χ2v) is 7.57. The van der Waals surface area contributed by atoms with Crippen molar-refractivity contribution >= 4 is 39.6 Å². The lowest BCUT2D eigenvalue weighted by atomic mass is 10.0. The molecule has 32 heavy (non-hydrogen) atoms. The van der Waals surface area contributed by atoms with E-state index in [2.05, 4.69) is 5.10 Å². The fourth-order valence-corrected chi connectivity index (χ4v) is 4.35. The molecule has 1 aliphatic rings. The zero-order valence-corrected chi connectivity index (χ0v) is 16.7. The molecule has 0 radical (unpaired) electrons. The molecule has 0 saturated heterocycles. The van der Waals surface area contributed by atoms with Crippen LogP contribution in [0, 0.1) is 0 Å². The van der Waals surface area contributed by atoms with Crippen molar-refractivity contribution in [2.45, 2.75) is 0 Å². The maximum Gasteiger partial charge on any atom is 0.268 e. The average molecular weight is 417 g/mol. The molecule has 2 amide bonds. The standard InChI is InChI=1S/C26H15N3O3/c30-24(16-9-3-1-4-10-16)23-21-20(22-19-14-8-7-11-17(19)15-27-29(22)23)25(31)28(26(21)32)18-12-5-2-6-13-18/h1-15H. The highest BCUT2D eigenvalue weighted by Crippen LogP contribution is 2.38. The number of benzene rings is 3. The highest BCUT2D eigenvalue weighted by atomic mass is 16.2. The first-order valence-electron chi connectivity index (χ1n) is 10.1. The summed E-state index contributed by atoms with van der Waals surface area (Å²) in [7, 11) is 0. The van der Waals surface area contributed by atoms with Crippen molar-refractivity contribution in [3.63, 3.8) is 0 Å². The van der Waals surface area contributed by atoms with Gasteiger partial charge in [0.15, 0.2) is 0 Å². The number of para-hydroxylation sites is 1. The molecular weight excluding hydrogens is 402 g/mol. The lowest BCUT2D eigenvalue weighted by Gasteiger charge is -2.15. The molecule has 6 heteroatoms. The first kappa shape index (κ1) is 18.2. The van der Waals surface area contributed by atoms with Crippen LogP contribution in [0.3, 0.4) is 0 Å². The minimum atomic E-state index is -0.523. The number of anilines is 1. The van der Waals surface area contributed by atoms with E-state index < -0.39 is 11.8 Å². The summed E-state index contributed by atoms with van der Waals surface area (Å²) >= 11 is 0. The van der Waals surface area contributed by atoms with Crippen molar-refractivity contribution in [1.82, 2.24) is 9.61 Å². The molecule has 0 bridgehead atoms. The Balaban J connectivity index is 1.71. The van der Waals surface area contributed by atoms with Gasteiger partial charge in [0.2, 0.25) is 5.78 Å². The van der Waals surface area contributed by atoms with Crippen molar-refractivity contribution in [2.75, 3.05) is 4.90 Å². The number of carbonyl (C=O) groups excluding carboxylic acids is 3. The van der Waals surface area contributed by atoms with Gasteiger partial charge in [-0.15, -0.1) is 0 Å². The molecule has 0 N–H and O–H groups in total. The van der Waals surface area contributed by atoms with E-state index in [-0.39, 0.29) is 22.6 Å². The van der Waals surface area contributed by atoms with Gasteiger partial charge in [-0.2, -0.15) is 5.10 Å². The second-order valence-electron chi connectivity index (χ2n) is 7.57. The Morgan fingerprint density at radius 1 is 0.719 bits per heavy atom. The SMILES string of the molecule is O=C(c1ccccc1)c1c2c(c3c4ccccc4cnn13)C(=O)N(c1ccccc1)C2=O. The molecule has 0 spiro atoms. The van der Waals surface area contributed by atoms with Crippen LogP contribution in [-0.4, -0.2) is 27.2 Å². The van der Waals surface area contributed by atoms with Gasteiger partial charge in [-0.05, 0) is 12.1 Å². The molecule has 0 atom stereocenters. The Morgan fingerprint density at radius 2 is 1.34 bits per heavy atom. The van der Waals surface area contributed by atoms with Crippen molar-refractivity contribution in [3.8, 4) is 0 Å². The smallest absolute Gasteiger partial charge is 0.268 e. The van der Waals surface area contributed by atoms with Crippen LogP contribution >= 0.6 is 0 Å². The number of imide groups is 1. The first-order chi connectivity index (χ1) is 15.7. The van der Waals surface area contributed by atoms with Gasteiger partial charge in [0.05, 0.1) is 28.5 Å². The molecule has 0 aliphatic carbocycles. The number of hydrogen-bond acceptors (Lipinski definition) is 4. The van der Waals surface area contributed by atoms with Crippen LogP contribution in [0.1, 0.15) is 36.8 Å². The Morgan fingerprint density at radius 3 is 2.09 bits per heavy atom. The van der Waals surface area contributed by atoms with Crippen LogP contribution < -0.4 is 4.90 Å². The summed E-state index contributed by atoms with van der Waals surface area (Å²) in [5, 5.41) is 6.03. The van der Waals surface area contributed by atoms with Crippen LogP contribution in [-0.2, 0) is 0 Å². The molecule has 0 fully saturated rings. The van der Waals surface area contributed by atoms with Crippen molar-refractivity contribution in [2.24, 2.45) is 0 Å². The topological polar surface area (TPSA) is 71.8 Å². The van der Waals surface area contributed by atoms with E-state index in [0.717, 1.165) is 15.7 Å². The largest absolute Gasteiger partial charge is 0.287 e. The quantitative estimate of drug-likeness (QED) is 0.320. The Bertz CT molecular complexity index is 1570. The van der Waals surface area contributed by atoms with Crippen LogP contribution in [0.2, 0.25) is 0 Å². The van der Waals surface area contributed by atoms with E-state index in [0.29, 0.717) is 16.8 Å². The van der Waals surface area contributed by atoms with Gasteiger partial charge in [-0.3, -0.25) is 14.4 Å². The summed E-state index contributed by atoms with van der Waals surface area (Å²) in [5.41, 5.74) is 1.75. The normalized spacial score (nSPS) is 13.2. The highest BCUT2D eigenvalue weighted by Gasteiger charge is 2.44. The van der Waals surface area contributed by atoms with Crippen LogP contribution in [0.15, 0.2) is 91.1 Å². The molecule has 0 saturated carbocycles. The minimum Gasteiger partial charge on any atom is -0.287 e. The zero-order valence-electron chi connectivity index (χ0n) is 16.7. The number of fused-ring (bicyclic) bond motifs is 5. The van der Waals surface area contributed by atoms with Crippen LogP contribution in [0.25, 0.3) is 16.3 Å². The number of nitrogens with zero attached hydrogens (tertiary/aromatic N) is 3. The summed E-state index contributed by atoms with van der Waals surface area (Å²) in [6.07, 6.45) is 1.64. The number of rotatable bonds is 3. The van der Waals surface area contributed by atoms with Gasteiger partial charge in [-0.25, -0.2) is 9.42 Å². The summed E-state index contributed by atoms with van der Waals surface area (Å²) in [6, 6.07) is 24.9. The first-order valence-corrected chi connectivity index (χ1v) is 10.1. The van der Waals surface area contributed by atoms with Crippen molar-refractivity contribution in [1.29, 1.82) is 0 Å². The van der Waals surface area contributed by atoms with Crippen LogP contribution in [0.4, 0.5) is 5.69 Å². The molecule has 1 aliphatic heterocycles. The Labute approximate surface area is 182 Å². The third kappa shape index (κ3) is 2.40. The fraction of sp³-hybridized carbons (Fsp3) is 0. The predicted molar refractivity (Wildman–Crippen MR) is 120 cm³/mol. The molecule has 6 rings (SSSR count). The van der Waals surface area contributed by atoms with E-state index in [1.807, 2.05) is 36.4 Å². The summed E-state index contributed by atoms with van der Waals surface area (Å²) in [6.45, 7) is 0. The third-order valence-corrected chi connectivity index (χ3v) is 5.77. The van der Waals surface area contributed by atoms with Gasteiger partial charge < -0.3 is 0 Å². The molecule has 6 nitrogen and oxygen atoms in total. The summed E-state index contributed by atoms with van der Waals surface area (Å²) < 4.78 is 1.44. The number of ketones is 1. The van der Waals surface area contributed by atoms with E-state index in [1.165, 1.54) is 4.52 Å². The number of hydrogen-bond donors (Lipinski definition) is 0. The summed E-state index contributed by atoms with van der Waals surface area (Å²) in [4.78, 5) is 41.9. The molecule has 152 valence electrons. The molecular formula is C26H15N3O3. The van der Waals surface area contributed by atoms with E-state index in [1.54, 1.807) is 54.7 Å². The van der Waals surface area contributed by atoms with Gasteiger partial charge in [0.25, 0.3) is 11.8 Å². The molecule has 2 aromatic heterocycles. The lowest BCUT2D eigenvalue weighted by molar-refractivity contribution is 0.0919. The fourth-order valence-electron chi connectivity index (χ4n) is 4.35. The van der Waals surface area contributed by atoms with Crippen LogP contribution in [0.5, 0.6) is 0 Å². The molecule has 3 aromatic carbocycles. The summed E-state index contributed by atoms with van der Waals surface area (Å²) in [5.74, 6) is -1.34. The van der Waals surface area contributed by atoms with E-state index >= 15 is 0 Å². The Hall–Kier alpha value is -4.58. The third-order valence-electron chi connectivity index (χ3n) is 5.77. The number of amides is 2. The predicted octanol–water partition coefficient (Wildman–Crippen LogP) is 4.52. The second kappa shape index (κ2) is 6.72. The monoisotopic (exact) mass is 417 g/mol. The Kier molecular flexibility index (Phi) is 3.82. The zero-order chi connectivity index (χ0) is 21.8. The van der Waals surface area contributed by atoms with Crippen molar-refractivity contribution < 1.29 is 14.4 Å². The molecule has 5 aromatic rings.